The third kappa shape index (κ3) is 7.30. The van der Waals surface area contributed by atoms with Crippen LogP contribution in [0.5, 0.6) is 5.75 Å². The summed E-state index contributed by atoms with van der Waals surface area (Å²) in [5.41, 5.74) is 2.37. The van der Waals surface area contributed by atoms with Gasteiger partial charge in [0.2, 0.25) is 5.91 Å². The van der Waals surface area contributed by atoms with Gasteiger partial charge in [-0.25, -0.2) is 0 Å². The molecule has 154 valence electrons. The van der Waals surface area contributed by atoms with Crippen molar-refractivity contribution in [3.05, 3.63) is 58.6 Å². The Kier molecular flexibility index (Phi) is 8.78. The van der Waals surface area contributed by atoms with Gasteiger partial charge in [-0.3, -0.25) is 4.79 Å². The van der Waals surface area contributed by atoms with Gasteiger partial charge in [0, 0.05) is 37.6 Å². The van der Waals surface area contributed by atoms with Gasteiger partial charge in [0.25, 0.3) is 0 Å². The average molecular weight is 415 g/mol. The van der Waals surface area contributed by atoms with E-state index in [2.05, 4.69) is 11.4 Å². The van der Waals surface area contributed by atoms with E-state index in [0.717, 1.165) is 17.8 Å². The van der Waals surface area contributed by atoms with Gasteiger partial charge in [-0.15, -0.1) is 0 Å². The van der Waals surface area contributed by atoms with Crippen LogP contribution in [0.25, 0.3) is 0 Å². The molecule has 0 fully saturated rings. The minimum absolute atomic E-state index is 0.0599. The number of nitriles is 1. The third-order valence-electron chi connectivity index (χ3n) is 4.44. The molecule has 0 aliphatic heterocycles. The van der Waals surface area contributed by atoms with E-state index < -0.39 is 0 Å². The van der Waals surface area contributed by atoms with E-state index in [9.17, 15) is 4.79 Å². The smallest absolute Gasteiger partial charge is 0.224 e. The van der Waals surface area contributed by atoms with Gasteiger partial charge >= 0.3 is 0 Å². The van der Waals surface area contributed by atoms with E-state index in [1.807, 2.05) is 36.0 Å². The fraction of sp³-hybridized carbons (Fsp3) is 0.364. The molecule has 0 spiro atoms. The summed E-state index contributed by atoms with van der Waals surface area (Å²) in [5, 5.41) is 12.8. The molecule has 2 aromatic rings. The van der Waals surface area contributed by atoms with E-state index in [1.54, 1.807) is 37.4 Å². The van der Waals surface area contributed by atoms with E-state index in [1.165, 1.54) is 0 Å². The first kappa shape index (κ1) is 22.5. The summed E-state index contributed by atoms with van der Waals surface area (Å²) >= 11 is 6.05. The first-order valence-electron chi connectivity index (χ1n) is 9.42. The molecule has 29 heavy (non-hydrogen) atoms. The highest BCUT2D eigenvalue weighted by molar-refractivity contribution is 6.30. The second kappa shape index (κ2) is 11.3. The standard InChI is InChI=1S/C22H27ClN4O2/c1-26(2)12-13-27(16-18-6-4-17(15-24)5-7-18)22(28)10-11-25-20-14-19(23)8-9-21(20)29-3/h4-9,14,25H,10-13,16H2,1-3H3. The molecule has 0 unspecified atom stereocenters. The zero-order valence-corrected chi connectivity index (χ0v) is 17.9. The van der Waals surface area contributed by atoms with Crippen molar-refractivity contribution in [2.75, 3.05) is 46.2 Å². The predicted octanol–water partition coefficient (Wildman–Crippen LogP) is 3.61. The topological polar surface area (TPSA) is 68.6 Å². The molecule has 0 heterocycles. The lowest BCUT2D eigenvalue weighted by Crippen LogP contribution is -2.37. The van der Waals surface area contributed by atoms with Crippen LogP contribution < -0.4 is 10.1 Å². The molecule has 0 radical (unpaired) electrons. The maximum Gasteiger partial charge on any atom is 0.224 e. The average Bonchev–Trinajstić information content (AvgIpc) is 2.71. The molecule has 6 nitrogen and oxygen atoms in total. The molecule has 2 aromatic carbocycles. The maximum absolute atomic E-state index is 12.9. The van der Waals surface area contributed by atoms with Gasteiger partial charge in [-0.05, 0) is 50.0 Å². The van der Waals surface area contributed by atoms with E-state index >= 15 is 0 Å². The molecule has 7 heteroatoms. The van der Waals surface area contributed by atoms with Crippen LogP contribution >= 0.6 is 11.6 Å². The Labute approximate surface area is 177 Å². The Morgan fingerprint density at radius 2 is 1.90 bits per heavy atom. The third-order valence-corrected chi connectivity index (χ3v) is 4.68. The summed E-state index contributed by atoms with van der Waals surface area (Å²) in [6, 6.07) is 14.8. The minimum atomic E-state index is 0.0599. The number of benzene rings is 2. The number of likely N-dealkylation sites (N-methyl/N-ethyl adjacent to an activating group) is 1. The lowest BCUT2D eigenvalue weighted by Gasteiger charge is -2.25. The van der Waals surface area contributed by atoms with Gasteiger partial charge < -0.3 is 19.9 Å². The van der Waals surface area contributed by atoms with Crippen molar-refractivity contribution in [2.45, 2.75) is 13.0 Å². The van der Waals surface area contributed by atoms with Crippen LogP contribution in [0.2, 0.25) is 5.02 Å². The Balaban J connectivity index is 1.99. The maximum atomic E-state index is 12.9. The molecule has 1 N–H and O–H groups in total. The van der Waals surface area contributed by atoms with Crippen LogP contribution in [0.4, 0.5) is 5.69 Å². The summed E-state index contributed by atoms with van der Waals surface area (Å²) in [7, 11) is 5.56. The second-order valence-electron chi connectivity index (χ2n) is 6.95. The Hall–Kier alpha value is -2.75. The van der Waals surface area contributed by atoms with Crippen LogP contribution in [0.15, 0.2) is 42.5 Å². The number of hydrogen-bond acceptors (Lipinski definition) is 5. The van der Waals surface area contributed by atoms with Gasteiger partial charge in [0.05, 0.1) is 24.4 Å². The molecule has 0 aromatic heterocycles. The second-order valence-corrected chi connectivity index (χ2v) is 7.39. The van der Waals surface area contributed by atoms with Crippen LogP contribution in [-0.4, -0.2) is 56.5 Å². The van der Waals surface area contributed by atoms with Crippen molar-refractivity contribution in [1.82, 2.24) is 9.80 Å². The number of methoxy groups -OCH3 is 1. The number of hydrogen-bond donors (Lipinski definition) is 1. The van der Waals surface area contributed by atoms with Crippen LogP contribution in [-0.2, 0) is 11.3 Å². The molecule has 2 rings (SSSR count). The number of carbonyl (C=O) groups is 1. The largest absolute Gasteiger partial charge is 0.495 e. The molecule has 0 bridgehead atoms. The van der Waals surface area contributed by atoms with E-state index in [0.29, 0.717) is 42.4 Å². The number of carbonyl (C=O) groups excluding carboxylic acids is 1. The number of rotatable bonds is 10. The molecule has 0 atom stereocenters. The summed E-state index contributed by atoms with van der Waals surface area (Å²) in [6.07, 6.45) is 0.347. The summed E-state index contributed by atoms with van der Waals surface area (Å²) in [6.45, 7) is 2.39. The van der Waals surface area contributed by atoms with Crippen molar-refractivity contribution in [3.8, 4) is 11.8 Å². The summed E-state index contributed by atoms with van der Waals surface area (Å²) in [5.74, 6) is 0.744. The Morgan fingerprint density at radius 3 is 2.52 bits per heavy atom. The van der Waals surface area contributed by atoms with E-state index in [4.69, 9.17) is 21.6 Å². The van der Waals surface area contributed by atoms with Crippen molar-refractivity contribution >= 4 is 23.2 Å². The lowest BCUT2D eigenvalue weighted by atomic mass is 10.1. The molecule has 0 saturated heterocycles. The van der Waals surface area contributed by atoms with Crippen molar-refractivity contribution in [2.24, 2.45) is 0 Å². The SMILES string of the molecule is COc1ccc(Cl)cc1NCCC(=O)N(CCN(C)C)Cc1ccc(C#N)cc1. The predicted molar refractivity (Wildman–Crippen MR) is 116 cm³/mol. The quantitative estimate of drug-likeness (QED) is 0.643. The zero-order valence-electron chi connectivity index (χ0n) is 17.1. The first-order chi connectivity index (χ1) is 13.9. The highest BCUT2D eigenvalue weighted by atomic mass is 35.5. The number of ether oxygens (including phenoxy) is 1. The highest BCUT2D eigenvalue weighted by Gasteiger charge is 2.15. The van der Waals surface area contributed by atoms with Crippen molar-refractivity contribution in [1.29, 1.82) is 5.26 Å². The lowest BCUT2D eigenvalue weighted by molar-refractivity contribution is -0.131. The van der Waals surface area contributed by atoms with Gasteiger partial charge in [-0.1, -0.05) is 23.7 Å². The number of nitrogens with one attached hydrogen (secondary N) is 1. The monoisotopic (exact) mass is 414 g/mol. The normalized spacial score (nSPS) is 10.5. The van der Waals surface area contributed by atoms with Crippen molar-refractivity contribution < 1.29 is 9.53 Å². The van der Waals surface area contributed by atoms with Crippen LogP contribution in [0.1, 0.15) is 17.5 Å². The van der Waals surface area contributed by atoms with Crippen LogP contribution in [0.3, 0.4) is 0 Å². The number of amides is 1. The number of halogens is 1. The van der Waals surface area contributed by atoms with Gasteiger partial charge in [0.15, 0.2) is 0 Å². The Bertz CT molecular complexity index is 847. The summed E-state index contributed by atoms with van der Waals surface area (Å²) < 4.78 is 5.32. The molecular weight excluding hydrogens is 388 g/mol. The van der Waals surface area contributed by atoms with Gasteiger partial charge in [0.1, 0.15) is 5.75 Å². The molecule has 1 amide bonds. The minimum Gasteiger partial charge on any atom is -0.495 e. The van der Waals surface area contributed by atoms with Crippen LogP contribution in [0, 0.1) is 11.3 Å². The van der Waals surface area contributed by atoms with E-state index in [-0.39, 0.29) is 5.91 Å². The fourth-order valence-corrected chi connectivity index (χ4v) is 2.97. The fourth-order valence-electron chi connectivity index (χ4n) is 2.80. The highest BCUT2D eigenvalue weighted by Crippen LogP contribution is 2.27. The molecule has 0 saturated carbocycles. The molecule has 0 aliphatic rings. The molecule has 0 aliphatic carbocycles. The Morgan fingerprint density at radius 1 is 1.17 bits per heavy atom. The summed E-state index contributed by atoms with van der Waals surface area (Å²) in [4.78, 5) is 16.7. The van der Waals surface area contributed by atoms with Crippen molar-refractivity contribution in [3.63, 3.8) is 0 Å². The molecular formula is C22H27ClN4O2. The zero-order chi connectivity index (χ0) is 21.2. The van der Waals surface area contributed by atoms with Gasteiger partial charge in [-0.2, -0.15) is 5.26 Å². The first-order valence-corrected chi connectivity index (χ1v) is 9.79. The number of nitrogens with zero attached hydrogens (tertiary/aromatic N) is 3. The number of anilines is 1.